The van der Waals surface area contributed by atoms with Crippen molar-refractivity contribution in [2.24, 2.45) is 0 Å². The summed E-state index contributed by atoms with van der Waals surface area (Å²) in [7, 11) is 0. The molecule has 0 heterocycles. The van der Waals surface area contributed by atoms with Gasteiger partial charge in [-0.25, -0.2) is 0 Å². The first-order chi connectivity index (χ1) is 7.62. The zero-order valence-electron chi connectivity index (χ0n) is 10.0. The van der Waals surface area contributed by atoms with E-state index in [4.69, 9.17) is 6.15 Å². The Labute approximate surface area is 118 Å². The third-order valence-corrected chi connectivity index (χ3v) is 8.91. The first-order valence-electron chi connectivity index (χ1n) is 4.76. The predicted octanol–water partition coefficient (Wildman–Crippen LogP) is 3.23. The summed E-state index contributed by atoms with van der Waals surface area (Å²) in [5.41, 5.74) is 0. The van der Waals surface area contributed by atoms with Gasteiger partial charge in [-0.3, -0.25) is 0 Å². The summed E-state index contributed by atoms with van der Waals surface area (Å²) in [6, 6.07) is 0. The summed E-state index contributed by atoms with van der Waals surface area (Å²) in [6.45, 7) is 6.22. The molecule has 4 nitrogen and oxygen atoms in total. The van der Waals surface area contributed by atoms with Crippen molar-refractivity contribution in [2.45, 2.75) is 27.7 Å². The molecule has 0 atom stereocenters. The van der Waals surface area contributed by atoms with Gasteiger partial charge < -0.3 is 0 Å². The Hall–Kier alpha value is 0.179. The van der Waals surface area contributed by atoms with Gasteiger partial charge in [0.1, 0.15) is 0 Å². The zero-order valence-corrected chi connectivity index (χ0v) is 16.1. The van der Waals surface area contributed by atoms with Crippen LogP contribution in [-0.2, 0) is 15.7 Å². The van der Waals surface area contributed by atoms with Crippen LogP contribution in [0.5, 0.6) is 0 Å². The molecule has 0 rings (SSSR count). The van der Waals surface area contributed by atoms with Crippen molar-refractivity contribution in [1.29, 1.82) is 0 Å². The van der Waals surface area contributed by atoms with Crippen LogP contribution >= 0.6 is 25.4 Å². The van der Waals surface area contributed by atoms with Crippen LogP contribution in [0, 0.1) is 0 Å². The fourth-order valence-corrected chi connectivity index (χ4v) is 10.5. The van der Waals surface area contributed by atoms with Crippen molar-refractivity contribution in [3.63, 3.8) is 0 Å². The van der Waals surface area contributed by atoms with Gasteiger partial charge in [0.25, 0.3) is 0 Å². The van der Waals surface area contributed by atoms with Gasteiger partial charge in [-0.15, -0.1) is 0 Å². The summed E-state index contributed by atoms with van der Waals surface area (Å²) in [5, 5.41) is 0. The molecule has 96 valence electrons. The molecule has 7 heteroatoms. The van der Waals surface area contributed by atoms with E-state index in [-0.39, 0.29) is 11.6 Å². The number of hydrogen-bond acceptors (Lipinski definition) is 4. The third kappa shape index (κ3) is 9.84. The Morgan fingerprint density at radius 1 is 0.882 bits per heavy atom. The van der Waals surface area contributed by atoms with Crippen molar-refractivity contribution in [2.75, 3.05) is 0 Å². The number of hydrogen-bond donors (Lipinski definition) is 0. The van der Waals surface area contributed by atoms with E-state index in [9.17, 15) is 9.59 Å². The molecule has 0 bridgehead atoms. The first-order valence-corrected chi connectivity index (χ1v) is 19.9. The summed E-state index contributed by atoms with van der Waals surface area (Å²) in [5.74, 6) is 0.747. The van der Waals surface area contributed by atoms with E-state index >= 15 is 0 Å². The molecule has 17 heavy (non-hydrogen) atoms. The van der Waals surface area contributed by atoms with Crippen LogP contribution in [0.15, 0.2) is 23.7 Å². The monoisotopic (exact) mass is 476 g/mol. The van der Waals surface area contributed by atoms with Crippen molar-refractivity contribution in [3.05, 3.63) is 23.7 Å². The van der Waals surface area contributed by atoms with E-state index in [1.54, 1.807) is 13.8 Å². The fraction of sp³-hybridized carbons (Fsp3) is 0.400. The minimum atomic E-state index is -3.54. The standard InChI is InChI=1S/2C5H8O2.2BrH.Sn/c2*1-4(6)3-5(2)7;;;/h2*3,6H,1-2H3;2*1H;/q;;;;+4/p-4. The minimum absolute atomic E-state index is 0.0967. The molecule has 0 aliphatic rings. The van der Waals surface area contributed by atoms with Crippen molar-refractivity contribution in [1.82, 2.24) is 0 Å². The van der Waals surface area contributed by atoms with Crippen LogP contribution in [-0.4, -0.2) is 26.3 Å². The predicted molar refractivity (Wildman–Crippen MR) is 74.7 cm³/mol. The quantitative estimate of drug-likeness (QED) is 0.336. The topological polar surface area (TPSA) is 52.6 Å². The number of carbonyl (C=O) groups excluding carboxylic acids is 2. The van der Waals surface area contributed by atoms with Gasteiger partial charge in [0.05, 0.1) is 0 Å². The zero-order chi connectivity index (χ0) is 13.6. The molecule has 0 aromatic rings. The Morgan fingerprint density at radius 3 is 1.41 bits per heavy atom. The number of halogens is 2. The van der Waals surface area contributed by atoms with Gasteiger partial charge in [0.15, 0.2) is 0 Å². The second kappa shape index (κ2) is 7.58. The number of carbonyl (C=O) groups is 2. The van der Waals surface area contributed by atoms with Gasteiger partial charge in [0.2, 0.25) is 0 Å². The summed E-state index contributed by atoms with van der Waals surface area (Å²) >= 11 is 3.15. The van der Waals surface area contributed by atoms with Gasteiger partial charge in [-0.1, -0.05) is 0 Å². The van der Waals surface area contributed by atoms with Crippen LogP contribution in [0.25, 0.3) is 0 Å². The van der Waals surface area contributed by atoms with Crippen LogP contribution < -0.4 is 0 Å². The molecular formula is C10H14Br2O4Sn. The molecular weight excluding hydrogens is 463 g/mol. The normalized spacial score (nSPS) is 13.3. The van der Waals surface area contributed by atoms with Gasteiger partial charge in [-0.05, 0) is 0 Å². The molecule has 0 fully saturated rings. The second-order valence-electron chi connectivity index (χ2n) is 3.40. The van der Waals surface area contributed by atoms with Crippen LogP contribution in [0.2, 0.25) is 0 Å². The molecule has 0 amide bonds. The van der Waals surface area contributed by atoms with Gasteiger partial charge in [0, 0.05) is 0 Å². The second-order valence-corrected chi connectivity index (χ2v) is 28.4. The van der Waals surface area contributed by atoms with E-state index in [2.05, 4.69) is 25.4 Å². The number of ketones is 2. The third-order valence-electron chi connectivity index (χ3n) is 1.37. The SMILES string of the molecule is CC(=O)C=C(C)[O][Sn]([Br])([Br])[O]C(C)=CC(C)=O. The molecule has 0 radical (unpaired) electrons. The maximum absolute atomic E-state index is 10.8. The van der Waals surface area contributed by atoms with E-state index in [0.29, 0.717) is 11.5 Å². The summed E-state index contributed by atoms with van der Waals surface area (Å²) < 4.78 is 11.0. The van der Waals surface area contributed by atoms with Crippen molar-refractivity contribution >= 4 is 51.7 Å². The van der Waals surface area contributed by atoms with Gasteiger partial charge in [-0.2, -0.15) is 0 Å². The van der Waals surface area contributed by atoms with Crippen LogP contribution in [0.3, 0.4) is 0 Å². The Bertz CT molecular complexity index is 341. The van der Waals surface area contributed by atoms with E-state index in [1.165, 1.54) is 26.0 Å². The van der Waals surface area contributed by atoms with E-state index in [0.717, 1.165) is 0 Å². The number of allylic oxidation sites excluding steroid dienone is 4. The summed E-state index contributed by atoms with van der Waals surface area (Å²) in [4.78, 5) is 21.7. The van der Waals surface area contributed by atoms with Gasteiger partial charge >= 0.3 is 119 Å². The van der Waals surface area contributed by atoms with E-state index < -0.39 is 14.8 Å². The molecule has 0 aliphatic carbocycles. The molecule has 0 saturated heterocycles. The fourth-order valence-electron chi connectivity index (χ4n) is 1.03. The molecule has 0 spiro atoms. The number of rotatable bonds is 6. The maximum atomic E-state index is 10.8. The Kier molecular flexibility index (Phi) is 7.66. The molecule has 0 saturated carbocycles. The summed E-state index contributed by atoms with van der Waals surface area (Å²) in [6.07, 6.45) is 2.75. The van der Waals surface area contributed by atoms with Crippen molar-refractivity contribution < 1.29 is 15.7 Å². The van der Waals surface area contributed by atoms with Crippen molar-refractivity contribution in [3.8, 4) is 0 Å². The average molecular weight is 477 g/mol. The average Bonchev–Trinajstić information content (AvgIpc) is 1.95. The van der Waals surface area contributed by atoms with Crippen LogP contribution in [0.4, 0.5) is 0 Å². The molecule has 0 aromatic heterocycles. The van der Waals surface area contributed by atoms with E-state index in [1.807, 2.05) is 0 Å². The molecule has 0 unspecified atom stereocenters. The molecule has 0 aromatic carbocycles. The Morgan fingerprint density at radius 2 is 1.18 bits per heavy atom. The molecule has 0 aliphatic heterocycles. The molecule has 0 N–H and O–H groups in total. The first kappa shape index (κ1) is 17.2. The van der Waals surface area contributed by atoms with Crippen LogP contribution in [0.1, 0.15) is 27.7 Å². The Balaban J connectivity index is 4.59.